The smallest absolute Gasteiger partial charge is 0.274 e. The molecule has 0 aliphatic rings. The van der Waals surface area contributed by atoms with Crippen molar-refractivity contribution in [3.8, 4) is 22.7 Å². The van der Waals surface area contributed by atoms with Crippen LogP contribution < -0.4 is 10.1 Å². The van der Waals surface area contributed by atoms with E-state index in [1.165, 1.54) is 6.07 Å². The molecule has 0 aliphatic carbocycles. The van der Waals surface area contributed by atoms with Crippen molar-refractivity contribution in [2.45, 2.75) is 6.54 Å². The molecule has 0 atom stereocenters. The van der Waals surface area contributed by atoms with Crippen molar-refractivity contribution in [1.82, 2.24) is 25.3 Å². The summed E-state index contributed by atoms with van der Waals surface area (Å²) in [5.41, 5.74) is 2.31. The molecule has 0 radical (unpaired) electrons. The minimum atomic E-state index is -0.466. The van der Waals surface area contributed by atoms with Gasteiger partial charge in [0.05, 0.1) is 12.8 Å². The summed E-state index contributed by atoms with van der Waals surface area (Å²) in [5, 5.41) is 11.0. The molecule has 1 amide bonds. The quantitative estimate of drug-likeness (QED) is 0.534. The highest BCUT2D eigenvalue weighted by Crippen LogP contribution is 2.26. The maximum Gasteiger partial charge on any atom is 0.274 e. The summed E-state index contributed by atoms with van der Waals surface area (Å²) >= 11 is 0. The molecule has 7 nitrogen and oxygen atoms in total. The first-order chi connectivity index (χ1) is 14.7. The van der Waals surface area contributed by atoms with Gasteiger partial charge in [-0.15, -0.1) is 5.10 Å². The van der Waals surface area contributed by atoms with Crippen LogP contribution in [0.25, 0.3) is 16.9 Å². The van der Waals surface area contributed by atoms with E-state index in [1.807, 2.05) is 24.3 Å². The normalized spacial score (nSPS) is 10.6. The maximum atomic E-state index is 13.9. The topological polar surface area (TPSA) is 81.9 Å². The van der Waals surface area contributed by atoms with Gasteiger partial charge in [0.25, 0.3) is 5.91 Å². The second-order valence-corrected chi connectivity index (χ2v) is 6.42. The van der Waals surface area contributed by atoms with E-state index in [4.69, 9.17) is 4.74 Å². The van der Waals surface area contributed by atoms with Crippen molar-refractivity contribution in [2.75, 3.05) is 7.11 Å². The number of halogens is 1. The van der Waals surface area contributed by atoms with Crippen LogP contribution in [-0.4, -0.2) is 33.0 Å². The lowest BCUT2D eigenvalue weighted by molar-refractivity contribution is 0.0946. The minimum Gasteiger partial charge on any atom is -0.497 e. The van der Waals surface area contributed by atoms with Crippen LogP contribution in [0.1, 0.15) is 16.1 Å². The fourth-order valence-corrected chi connectivity index (χ4v) is 3.02. The number of ether oxygens (including phenoxy) is 1. The first kappa shape index (κ1) is 19.3. The number of amides is 1. The zero-order valence-corrected chi connectivity index (χ0v) is 16.1. The summed E-state index contributed by atoms with van der Waals surface area (Å²) in [6.07, 6.45) is 3.27. The first-order valence-corrected chi connectivity index (χ1v) is 9.19. The molecule has 2 aromatic heterocycles. The molecule has 0 saturated carbocycles. The van der Waals surface area contributed by atoms with Crippen LogP contribution in [0.4, 0.5) is 4.39 Å². The molecular formula is C22H18FN5O2. The van der Waals surface area contributed by atoms with E-state index in [1.54, 1.807) is 54.5 Å². The number of hydrogen-bond donors (Lipinski definition) is 1. The lowest BCUT2D eigenvalue weighted by Gasteiger charge is -2.10. The SMILES string of the molecule is COc1cccc(-n2nnc(C(=O)NCc3ccccc3F)c2-c2cccnc2)c1. The van der Waals surface area contributed by atoms with Crippen molar-refractivity contribution in [3.05, 3.63) is 90.1 Å². The molecule has 4 rings (SSSR count). The van der Waals surface area contributed by atoms with Crippen molar-refractivity contribution in [3.63, 3.8) is 0 Å². The largest absolute Gasteiger partial charge is 0.497 e. The van der Waals surface area contributed by atoms with Gasteiger partial charge in [-0.1, -0.05) is 29.5 Å². The Kier molecular flexibility index (Phi) is 5.47. The summed E-state index contributed by atoms with van der Waals surface area (Å²) in [4.78, 5) is 17.0. The van der Waals surface area contributed by atoms with Crippen LogP contribution in [0, 0.1) is 5.82 Å². The number of benzene rings is 2. The summed E-state index contributed by atoms with van der Waals surface area (Å²) in [6.45, 7) is 0.0318. The Hall–Kier alpha value is -4.07. The predicted octanol–water partition coefficient (Wildman–Crippen LogP) is 3.41. The molecular weight excluding hydrogens is 385 g/mol. The zero-order chi connectivity index (χ0) is 20.9. The first-order valence-electron chi connectivity index (χ1n) is 9.19. The number of methoxy groups -OCH3 is 1. The minimum absolute atomic E-state index is 0.0318. The predicted molar refractivity (Wildman–Crippen MR) is 109 cm³/mol. The van der Waals surface area contributed by atoms with Gasteiger partial charge >= 0.3 is 0 Å². The van der Waals surface area contributed by atoms with Crippen LogP contribution in [0.2, 0.25) is 0 Å². The highest BCUT2D eigenvalue weighted by Gasteiger charge is 2.22. The lowest BCUT2D eigenvalue weighted by Crippen LogP contribution is -2.24. The Balaban J connectivity index is 1.72. The number of aromatic nitrogens is 4. The van der Waals surface area contributed by atoms with Gasteiger partial charge in [-0.3, -0.25) is 9.78 Å². The number of rotatable bonds is 6. The monoisotopic (exact) mass is 403 g/mol. The molecule has 30 heavy (non-hydrogen) atoms. The fraction of sp³-hybridized carbons (Fsp3) is 0.0909. The number of carbonyl (C=O) groups is 1. The second kappa shape index (κ2) is 8.52. The molecule has 0 unspecified atom stereocenters. The molecule has 2 aromatic carbocycles. The molecule has 4 aromatic rings. The third-order valence-electron chi connectivity index (χ3n) is 4.52. The summed E-state index contributed by atoms with van der Waals surface area (Å²) in [7, 11) is 1.57. The Labute approximate surface area is 172 Å². The van der Waals surface area contributed by atoms with Crippen molar-refractivity contribution >= 4 is 5.91 Å². The maximum absolute atomic E-state index is 13.9. The molecule has 1 N–H and O–H groups in total. The van der Waals surface area contributed by atoms with Gasteiger partial charge in [0, 0.05) is 36.1 Å². The second-order valence-electron chi connectivity index (χ2n) is 6.42. The third-order valence-corrected chi connectivity index (χ3v) is 4.52. The highest BCUT2D eigenvalue weighted by molar-refractivity contribution is 5.98. The standard InChI is InChI=1S/C22H18FN5O2/c1-30-18-9-4-8-17(12-18)28-21(16-7-5-11-24-13-16)20(26-27-28)22(29)25-14-15-6-2-3-10-19(15)23/h2-13H,14H2,1H3,(H,25,29). The van der Waals surface area contributed by atoms with Crippen molar-refractivity contribution in [2.24, 2.45) is 0 Å². The van der Waals surface area contributed by atoms with Crippen LogP contribution in [0.15, 0.2) is 73.1 Å². The fourth-order valence-electron chi connectivity index (χ4n) is 3.02. The lowest BCUT2D eigenvalue weighted by atomic mass is 10.1. The Morgan fingerprint density at radius 3 is 2.77 bits per heavy atom. The average Bonchev–Trinajstić information content (AvgIpc) is 3.24. The van der Waals surface area contributed by atoms with Gasteiger partial charge in [-0.25, -0.2) is 9.07 Å². The Bertz CT molecular complexity index is 1180. The Morgan fingerprint density at radius 2 is 2.00 bits per heavy atom. The van der Waals surface area contributed by atoms with Crippen molar-refractivity contribution < 1.29 is 13.9 Å². The summed E-state index contributed by atoms with van der Waals surface area (Å²) in [5.74, 6) is -0.206. The van der Waals surface area contributed by atoms with Gasteiger partial charge < -0.3 is 10.1 Å². The Morgan fingerprint density at radius 1 is 1.13 bits per heavy atom. The van der Waals surface area contributed by atoms with Crippen LogP contribution in [0.5, 0.6) is 5.75 Å². The molecule has 150 valence electrons. The van der Waals surface area contributed by atoms with E-state index in [-0.39, 0.29) is 18.1 Å². The molecule has 8 heteroatoms. The van der Waals surface area contributed by atoms with Gasteiger partial charge in [0.2, 0.25) is 0 Å². The van der Waals surface area contributed by atoms with E-state index in [2.05, 4.69) is 20.6 Å². The van der Waals surface area contributed by atoms with E-state index in [0.29, 0.717) is 28.3 Å². The van der Waals surface area contributed by atoms with Gasteiger partial charge in [-0.2, -0.15) is 0 Å². The van der Waals surface area contributed by atoms with Crippen molar-refractivity contribution in [1.29, 1.82) is 0 Å². The van der Waals surface area contributed by atoms with E-state index in [9.17, 15) is 9.18 Å². The third kappa shape index (κ3) is 3.88. The number of hydrogen-bond acceptors (Lipinski definition) is 5. The molecule has 0 spiro atoms. The van der Waals surface area contributed by atoms with Gasteiger partial charge in [0.1, 0.15) is 17.3 Å². The molecule has 0 aliphatic heterocycles. The zero-order valence-electron chi connectivity index (χ0n) is 16.1. The van der Waals surface area contributed by atoms with Crippen LogP contribution in [-0.2, 0) is 6.54 Å². The number of carbonyl (C=O) groups excluding carboxylic acids is 1. The highest BCUT2D eigenvalue weighted by atomic mass is 19.1. The molecule has 2 heterocycles. The number of nitrogens with zero attached hydrogens (tertiary/aromatic N) is 4. The van der Waals surface area contributed by atoms with Gasteiger partial charge in [-0.05, 0) is 30.3 Å². The molecule has 0 fully saturated rings. The summed E-state index contributed by atoms with van der Waals surface area (Å²) < 4.78 is 20.7. The number of pyridine rings is 1. The van der Waals surface area contributed by atoms with Gasteiger partial charge in [0.15, 0.2) is 5.69 Å². The van der Waals surface area contributed by atoms with Crippen LogP contribution >= 0.6 is 0 Å². The van der Waals surface area contributed by atoms with E-state index in [0.717, 1.165) is 0 Å². The number of nitrogens with one attached hydrogen (secondary N) is 1. The molecule has 0 bridgehead atoms. The van der Waals surface area contributed by atoms with E-state index < -0.39 is 5.91 Å². The summed E-state index contributed by atoms with van der Waals surface area (Å²) in [6, 6.07) is 17.1. The average molecular weight is 403 g/mol. The molecule has 0 saturated heterocycles. The van der Waals surface area contributed by atoms with Crippen LogP contribution in [0.3, 0.4) is 0 Å². The van der Waals surface area contributed by atoms with E-state index >= 15 is 0 Å².